The van der Waals surface area contributed by atoms with E-state index in [0.29, 0.717) is 22.6 Å². The number of benzene rings is 2. The summed E-state index contributed by atoms with van der Waals surface area (Å²) in [6.07, 6.45) is 2.71. The van der Waals surface area contributed by atoms with Crippen LogP contribution in [0.5, 0.6) is 0 Å². The molecule has 0 aliphatic heterocycles. The Hall–Kier alpha value is -2.80. The molecule has 1 amide bonds. The van der Waals surface area contributed by atoms with Gasteiger partial charge in [0.1, 0.15) is 11.5 Å². The smallest absolute Gasteiger partial charge is 0.258 e. The molecule has 3 rings (SSSR count). The first-order valence-corrected chi connectivity index (χ1v) is 8.52. The van der Waals surface area contributed by atoms with Crippen LogP contribution >= 0.6 is 15.9 Å². The van der Waals surface area contributed by atoms with Gasteiger partial charge < -0.3 is 9.73 Å². The van der Waals surface area contributed by atoms with Crippen LogP contribution in [0.3, 0.4) is 0 Å². The summed E-state index contributed by atoms with van der Waals surface area (Å²) in [6.45, 7) is 3.52. The van der Waals surface area contributed by atoms with E-state index >= 15 is 0 Å². The molecule has 0 saturated carbocycles. The van der Waals surface area contributed by atoms with Crippen LogP contribution in [0, 0.1) is 25.1 Å². The van der Waals surface area contributed by atoms with Gasteiger partial charge in [-0.05, 0) is 59.1 Å². The second kappa shape index (κ2) is 7.21. The van der Waals surface area contributed by atoms with Crippen molar-refractivity contribution in [2.45, 2.75) is 13.8 Å². The molecule has 0 aliphatic rings. The molecular formula is C19H15BrFN3O2. The topological polar surface area (TPSA) is 79.0 Å². The molecule has 2 N–H and O–H groups in total. The van der Waals surface area contributed by atoms with Gasteiger partial charge in [-0.1, -0.05) is 12.1 Å². The SMILES string of the molecule is Cc1ccc(NC(=O)c2c(C)ccc(Br)c2F)cc1C(=N)c1cnco1. The summed E-state index contributed by atoms with van der Waals surface area (Å²) >= 11 is 3.10. The monoisotopic (exact) mass is 415 g/mol. The van der Waals surface area contributed by atoms with Crippen LogP contribution in [0.4, 0.5) is 10.1 Å². The van der Waals surface area contributed by atoms with E-state index in [-0.39, 0.29) is 15.7 Å². The van der Waals surface area contributed by atoms with Crippen LogP contribution < -0.4 is 5.32 Å². The zero-order valence-corrected chi connectivity index (χ0v) is 15.6. The molecular weight excluding hydrogens is 401 g/mol. The molecule has 2 aromatic carbocycles. The Labute approximate surface area is 157 Å². The van der Waals surface area contributed by atoms with E-state index in [1.54, 1.807) is 37.3 Å². The van der Waals surface area contributed by atoms with E-state index in [1.807, 2.05) is 6.92 Å². The molecule has 0 radical (unpaired) electrons. The summed E-state index contributed by atoms with van der Waals surface area (Å²) < 4.78 is 19.7. The van der Waals surface area contributed by atoms with Gasteiger partial charge in [-0.25, -0.2) is 9.37 Å². The van der Waals surface area contributed by atoms with E-state index in [0.717, 1.165) is 5.56 Å². The number of nitrogens with zero attached hydrogens (tertiary/aromatic N) is 1. The second-order valence-electron chi connectivity index (χ2n) is 5.78. The first kappa shape index (κ1) is 18.0. The number of carbonyl (C=O) groups excluding carboxylic acids is 1. The van der Waals surface area contributed by atoms with Crippen LogP contribution in [0.15, 0.2) is 51.8 Å². The van der Waals surface area contributed by atoms with Crippen molar-refractivity contribution in [2.24, 2.45) is 0 Å². The molecule has 26 heavy (non-hydrogen) atoms. The quantitative estimate of drug-likeness (QED) is 0.597. The third-order valence-electron chi connectivity index (χ3n) is 3.97. The number of hydrogen-bond donors (Lipinski definition) is 2. The lowest BCUT2D eigenvalue weighted by atomic mass is 10.0. The fourth-order valence-electron chi connectivity index (χ4n) is 2.56. The maximum absolute atomic E-state index is 14.3. The van der Waals surface area contributed by atoms with Crippen LogP contribution in [-0.4, -0.2) is 16.6 Å². The third-order valence-corrected chi connectivity index (χ3v) is 4.59. The zero-order valence-electron chi connectivity index (χ0n) is 14.1. The number of hydrogen-bond acceptors (Lipinski definition) is 4. The first-order valence-electron chi connectivity index (χ1n) is 7.73. The van der Waals surface area contributed by atoms with Crippen LogP contribution in [-0.2, 0) is 0 Å². The molecule has 0 bridgehead atoms. The summed E-state index contributed by atoms with van der Waals surface area (Å²) in [7, 11) is 0. The molecule has 0 aliphatic carbocycles. The largest absolute Gasteiger partial charge is 0.442 e. The fourth-order valence-corrected chi connectivity index (χ4v) is 2.89. The molecule has 0 saturated heterocycles. The second-order valence-corrected chi connectivity index (χ2v) is 6.63. The Bertz CT molecular complexity index is 1000. The maximum Gasteiger partial charge on any atom is 0.258 e. The number of halogens is 2. The van der Waals surface area contributed by atoms with Gasteiger partial charge in [0, 0.05) is 11.3 Å². The highest BCUT2D eigenvalue weighted by molar-refractivity contribution is 9.10. The summed E-state index contributed by atoms with van der Waals surface area (Å²) in [4.78, 5) is 16.4. The van der Waals surface area contributed by atoms with E-state index in [4.69, 9.17) is 9.83 Å². The van der Waals surface area contributed by atoms with Crippen molar-refractivity contribution < 1.29 is 13.6 Å². The molecule has 3 aromatic rings. The molecule has 0 unspecified atom stereocenters. The molecule has 1 aromatic heterocycles. The van der Waals surface area contributed by atoms with Crippen LogP contribution in [0.25, 0.3) is 0 Å². The van der Waals surface area contributed by atoms with Crippen molar-refractivity contribution in [3.05, 3.63) is 81.2 Å². The van der Waals surface area contributed by atoms with Gasteiger partial charge >= 0.3 is 0 Å². The van der Waals surface area contributed by atoms with Crippen molar-refractivity contribution in [3.63, 3.8) is 0 Å². The van der Waals surface area contributed by atoms with Crippen LogP contribution in [0.1, 0.15) is 32.8 Å². The number of nitrogens with one attached hydrogen (secondary N) is 2. The standard InChI is InChI=1S/C19H15BrFN3O2/c1-10-3-5-12(7-13(10)18(22)15-8-23-9-26-15)24-19(25)16-11(2)4-6-14(20)17(16)21/h3-9,22H,1-2H3,(H,24,25). The molecule has 0 spiro atoms. The Kier molecular flexibility index (Phi) is 4.99. The Balaban J connectivity index is 1.92. The minimum absolute atomic E-state index is 0.0215. The van der Waals surface area contributed by atoms with E-state index in [2.05, 4.69) is 26.2 Å². The highest BCUT2D eigenvalue weighted by Gasteiger charge is 2.18. The predicted molar refractivity (Wildman–Crippen MR) is 100 cm³/mol. The van der Waals surface area contributed by atoms with Crippen molar-refractivity contribution in [1.82, 2.24) is 4.98 Å². The Morgan fingerprint density at radius 2 is 1.96 bits per heavy atom. The van der Waals surface area contributed by atoms with Gasteiger partial charge in [0.15, 0.2) is 12.2 Å². The average Bonchev–Trinajstić information content (AvgIpc) is 3.14. The molecule has 7 heteroatoms. The summed E-state index contributed by atoms with van der Waals surface area (Å²) in [5, 5.41) is 10.9. The number of oxazole rings is 1. The Morgan fingerprint density at radius 1 is 1.23 bits per heavy atom. The predicted octanol–water partition coefficient (Wildman–Crippen LogP) is 4.86. The number of anilines is 1. The maximum atomic E-state index is 14.3. The van der Waals surface area contributed by atoms with Crippen LogP contribution in [0.2, 0.25) is 0 Å². The van der Waals surface area contributed by atoms with Crippen molar-refractivity contribution in [2.75, 3.05) is 5.32 Å². The number of rotatable bonds is 4. The number of aromatic nitrogens is 1. The van der Waals surface area contributed by atoms with Gasteiger partial charge in [0.05, 0.1) is 16.2 Å². The van der Waals surface area contributed by atoms with Gasteiger partial charge in [0.25, 0.3) is 5.91 Å². The summed E-state index contributed by atoms with van der Waals surface area (Å²) in [5.41, 5.74) is 2.55. The van der Waals surface area contributed by atoms with E-state index in [9.17, 15) is 9.18 Å². The van der Waals surface area contributed by atoms with Gasteiger partial charge in [0.2, 0.25) is 0 Å². The lowest BCUT2D eigenvalue weighted by Gasteiger charge is -2.12. The highest BCUT2D eigenvalue weighted by Crippen LogP contribution is 2.24. The lowest BCUT2D eigenvalue weighted by molar-refractivity contribution is 0.102. The first-order chi connectivity index (χ1) is 12.4. The molecule has 1 heterocycles. The fraction of sp³-hybridized carbons (Fsp3) is 0.105. The summed E-state index contributed by atoms with van der Waals surface area (Å²) in [6, 6.07) is 8.37. The molecule has 0 atom stereocenters. The van der Waals surface area contributed by atoms with E-state index < -0.39 is 11.7 Å². The van der Waals surface area contributed by atoms with Crippen molar-refractivity contribution in [3.8, 4) is 0 Å². The summed E-state index contributed by atoms with van der Waals surface area (Å²) in [5.74, 6) is -0.836. The lowest BCUT2D eigenvalue weighted by Crippen LogP contribution is -2.16. The zero-order chi connectivity index (χ0) is 18.8. The minimum Gasteiger partial charge on any atom is -0.442 e. The van der Waals surface area contributed by atoms with Crippen molar-refractivity contribution >= 4 is 33.2 Å². The average molecular weight is 416 g/mol. The normalized spacial score (nSPS) is 10.6. The minimum atomic E-state index is -0.607. The Morgan fingerprint density at radius 3 is 2.65 bits per heavy atom. The number of carbonyl (C=O) groups is 1. The van der Waals surface area contributed by atoms with E-state index in [1.165, 1.54) is 12.6 Å². The molecule has 5 nitrogen and oxygen atoms in total. The van der Waals surface area contributed by atoms with Gasteiger partial charge in [-0.15, -0.1) is 0 Å². The van der Waals surface area contributed by atoms with Gasteiger partial charge in [-0.3, -0.25) is 10.2 Å². The van der Waals surface area contributed by atoms with Gasteiger partial charge in [-0.2, -0.15) is 0 Å². The number of amides is 1. The highest BCUT2D eigenvalue weighted by atomic mass is 79.9. The third kappa shape index (κ3) is 3.43. The molecule has 132 valence electrons. The van der Waals surface area contributed by atoms with Crippen molar-refractivity contribution in [1.29, 1.82) is 5.41 Å². The molecule has 0 fully saturated rings. The number of aryl methyl sites for hydroxylation is 2.